The van der Waals surface area contributed by atoms with Gasteiger partial charge in [-0.15, -0.1) is 6.58 Å². The van der Waals surface area contributed by atoms with E-state index in [-0.39, 0.29) is 16.8 Å². The van der Waals surface area contributed by atoms with Gasteiger partial charge in [-0.2, -0.15) is 0 Å². The third-order valence-electron chi connectivity index (χ3n) is 13.4. The van der Waals surface area contributed by atoms with Crippen molar-refractivity contribution < 1.29 is 14.3 Å². The predicted octanol–water partition coefficient (Wildman–Crippen LogP) is 8.53. The molecule has 0 spiro atoms. The summed E-state index contributed by atoms with van der Waals surface area (Å²) >= 11 is 0. The molecule has 208 valence electrons. The van der Waals surface area contributed by atoms with E-state index in [0.29, 0.717) is 47.2 Å². The summed E-state index contributed by atoms with van der Waals surface area (Å²) in [7, 11) is 0. The van der Waals surface area contributed by atoms with Crippen LogP contribution in [-0.4, -0.2) is 25.3 Å². The third kappa shape index (κ3) is 3.94. The van der Waals surface area contributed by atoms with Crippen molar-refractivity contribution in [3.8, 4) is 0 Å². The van der Waals surface area contributed by atoms with E-state index in [9.17, 15) is 4.79 Å². The van der Waals surface area contributed by atoms with Gasteiger partial charge in [-0.05, 0) is 122 Å². The van der Waals surface area contributed by atoms with Gasteiger partial charge >= 0.3 is 5.97 Å². The van der Waals surface area contributed by atoms with Crippen molar-refractivity contribution in [3.63, 3.8) is 0 Å². The summed E-state index contributed by atoms with van der Waals surface area (Å²) in [6.45, 7) is 24.7. The molecule has 5 rings (SSSR count). The van der Waals surface area contributed by atoms with Gasteiger partial charge in [-0.25, -0.2) is 0 Å². The Balaban J connectivity index is 1.45. The molecule has 0 radical (unpaired) electrons. The van der Waals surface area contributed by atoms with Crippen LogP contribution in [0.1, 0.15) is 112 Å². The van der Waals surface area contributed by atoms with E-state index in [0.717, 1.165) is 31.3 Å². The van der Waals surface area contributed by atoms with Gasteiger partial charge < -0.3 is 9.47 Å². The molecule has 1 heterocycles. The summed E-state index contributed by atoms with van der Waals surface area (Å²) in [5, 5.41) is 0. The Morgan fingerprint density at radius 3 is 2.43 bits per heavy atom. The lowest BCUT2D eigenvalue weighted by Gasteiger charge is -2.71. The minimum atomic E-state index is -0.0477. The minimum Gasteiger partial charge on any atom is -0.465 e. The molecule has 3 heteroatoms. The minimum absolute atomic E-state index is 0.0477. The highest BCUT2D eigenvalue weighted by Crippen LogP contribution is 2.76. The average molecular weight is 511 g/mol. The van der Waals surface area contributed by atoms with Crippen molar-refractivity contribution in [1.29, 1.82) is 0 Å². The Hall–Kier alpha value is -1.09. The highest BCUT2D eigenvalue weighted by molar-refractivity contribution is 5.69. The van der Waals surface area contributed by atoms with E-state index in [1.165, 1.54) is 56.9 Å². The molecule has 0 aromatic heterocycles. The largest absolute Gasteiger partial charge is 0.465 e. The number of carbonyl (C=O) groups is 1. The van der Waals surface area contributed by atoms with Crippen LogP contribution in [0.25, 0.3) is 0 Å². The smallest absolute Gasteiger partial charge is 0.305 e. The average Bonchev–Trinajstić information content (AvgIpc) is 3.17. The molecule has 1 saturated heterocycles. The van der Waals surface area contributed by atoms with E-state index >= 15 is 0 Å². The normalized spacial score (nSPS) is 47.8. The van der Waals surface area contributed by atoms with Crippen molar-refractivity contribution in [2.24, 2.45) is 50.7 Å². The second-order valence-corrected chi connectivity index (χ2v) is 15.4. The van der Waals surface area contributed by atoms with Crippen molar-refractivity contribution >= 4 is 5.97 Å². The molecule has 0 aromatic rings. The molecule has 4 aliphatic carbocycles. The van der Waals surface area contributed by atoms with Crippen molar-refractivity contribution in [2.75, 3.05) is 13.2 Å². The Labute approximate surface area is 227 Å². The summed E-state index contributed by atoms with van der Waals surface area (Å²) in [4.78, 5) is 12.7. The first-order valence-corrected chi connectivity index (χ1v) is 15.4. The zero-order valence-electron chi connectivity index (χ0n) is 24.8. The molecule has 9 atom stereocenters. The number of rotatable bonds is 7. The number of ether oxygens (including phenoxy) is 2. The third-order valence-corrected chi connectivity index (χ3v) is 13.4. The second kappa shape index (κ2) is 9.24. The number of carbonyl (C=O) groups excluding carboxylic acids is 1. The van der Waals surface area contributed by atoms with E-state index in [1.807, 2.05) is 6.08 Å². The van der Waals surface area contributed by atoms with Crippen LogP contribution in [0.15, 0.2) is 24.8 Å². The fourth-order valence-electron chi connectivity index (χ4n) is 11.2. The van der Waals surface area contributed by atoms with Crippen LogP contribution >= 0.6 is 0 Å². The number of esters is 1. The van der Waals surface area contributed by atoms with E-state index in [1.54, 1.807) is 0 Å². The monoisotopic (exact) mass is 510 g/mol. The lowest BCUT2D eigenvalue weighted by molar-refractivity contribution is -0.224. The molecule has 0 amide bonds. The van der Waals surface area contributed by atoms with Crippen LogP contribution in [0, 0.1) is 50.7 Å². The standard InChI is InChI=1S/C34H54O3/c1-9-10-21-36-27(35)14-15-31(6)24(23(2)3)13-16-33(8)26(31)12-11-25-28-29-30(4,5)17-19-34(28,22-37-29)20-18-32(25,33)7/h9,24-26,28-29H,1-2,10-22H2,3-8H3/t24-,25+,26+,28-,29+,31-,32+,33+,34+/m0/s1. The lowest BCUT2D eigenvalue weighted by atomic mass is 9.33. The van der Waals surface area contributed by atoms with Gasteiger partial charge in [0.25, 0.3) is 0 Å². The predicted molar refractivity (Wildman–Crippen MR) is 151 cm³/mol. The number of hydrogen-bond acceptors (Lipinski definition) is 3. The maximum Gasteiger partial charge on any atom is 0.305 e. The van der Waals surface area contributed by atoms with E-state index in [2.05, 4.69) is 54.7 Å². The molecule has 2 bridgehead atoms. The van der Waals surface area contributed by atoms with Gasteiger partial charge in [0.2, 0.25) is 0 Å². The van der Waals surface area contributed by atoms with Crippen molar-refractivity contribution in [3.05, 3.63) is 24.8 Å². The summed E-state index contributed by atoms with van der Waals surface area (Å²) in [5.41, 5.74) is 2.72. The Bertz CT molecular complexity index is 935. The topological polar surface area (TPSA) is 35.5 Å². The molecule has 1 aliphatic heterocycles. The molecule has 4 saturated carbocycles. The first-order chi connectivity index (χ1) is 17.3. The zero-order valence-corrected chi connectivity index (χ0v) is 24.8. The molecule has 5 aliphatic rings. The van der Waals surface area contributed by atoms with Crippen LogP contribution in [-0.2, 0) is 14.3 Å². The second-order valence-electron chi connectivity index (χ2n) is 15.4. The van der Waals surface area contributed by atoms with Crippen LogP contribution in [0.2, 0.25) is 0 Å². The molecule has 0 N–H and O–H groups in total. The maximum absolute atomic E-state index is 12.7. The fourth-order valence-corrected chi connectivity index (χ4v) is 11.2. The van der Waals surface area contributed by atoms with Crippen LogP contribution in [0.3, 0.4) is 0 Å². The molecule has 0 unspecified atom stereocenters. The highest BCUT2D eigenvalue weighted by atomic mass is 16.5. The van der Waals surface area contributed by atoms with Crippen LogP contribution < -0.4 is 0 Å². The van der Waals surface area contributed by atoms with Gasteiger partial charge in [0.15, 0.2) is 0 Å². The molecular formula is C34H54O3. The summed E-state index contributed by atoms with van der Waals surface area (Å²) < 4.78 is 12.3. The first-order valence-electron chi connectivity index (χ1n) is 15.4. The zero-order chi connectivity index (χ0) is 26.9. The van der Waals surface area contributed by atoms with Crippen molar-refractivity contribution in [1.82, 2.24) is 0 Å². The number of hydrogen-bond donors (Lipinski definition) is 0. The number of allylic oxidation sites excluding steroid dienone is 1. The Kier molecular flexibility index (Phi) is 6.86. The van der Waals surface area contributed by atoms with Gasteiger partial charge in [0.05, 0.1) is 19.3 Å². The van der Waals surface area contributed by atoms with E-state index < -0.39 is 0 Å². The Morgan fingerprint density at radius 1 is 1.00 bits per heavy atom. The fraction of sp³-hybridized carbons (Fsp3) is 0.853. The van der Waals surface area contributed by atoms with Gasteiger partial charge in [0, 0.05) is 6.42 Å². The van der Waals surface area contributed by atoms with E-state index in [4.69, 9.17) is 9.47 Å². The van der Waals surface area contributed by atoms with Gasteiger partial charge in [-0.1, -0.05) is 52.8 Å². The van der Waals surface area contributed by atoms with Crippen LogP contribution in [0.5, 0.6) is 0 Å². The molecule has 5 fully saturated rings. The quantitative estimate of drug-likeness (QED) is 0.196. The molecule has 37 heavy (non-hydrogen) atoms. The molecular weight excluding hydrogens is 456 g/mol. The van der Waals surface area contributed by atoms with Gasteiger partial charge in [0.1, 0.15) is 0 Å². The van der Waals surface area contributed by atoms with Gasteiger partial charge in [-0.3, -0.25) is 4.79 Å². The maximum atomic E-state index is 12.7. The number of fused-ring (bicyclic) bond motifs is 3. The highest BCUT2D eigenvalue weighted by Gasteiger charge is 2.71. The summed E-state index contributed by atoms with van der Waals surface area (Å²) in [5.74, 6) is 2.52. The van der Waals surface area contributed by atoms with Crippen LogP contribution in [0.4, 0.5) is 0 Å². The molecule has 0 aromatic carbocycles. The Morgan fingerprint density at radius 2 is 1.73 bits per heavy atom. The first kappa shape index (κ1) is 27.5. The summed E-state index contributed by atoms with van der Waals surface area (Å²) in [6, 6.07) is 0. The molecule has 3 nitrogen and oxygen atoms in total. The summed E-state index contributed by atoms with van der Waals surface area (Å²) in [6.07, 6.45) is 14.8. The van der Waals surface area contributed by atoms with Crippen molar-refractivity contribution in [2.45, 2.75) is 118 Å². The lowest BCUT2D eigenvalue weighted by Crippen LogP contribution is -2.65. The SMILES string of the molecule is C=CCCOC(=O)CC[C@]1(C)[C@H]2CC[C@@H]3[C@H]4[C@H]5OC[C@@]4(CCC5(C)C)CC[C@@]3(C)[C@]2(C)CC[C@H]1C(=C)C.